The highest BCUT2D eigenvalue weighted by Gasteiger charge is 2.46. The van der Waals surface area contributed by atoms with Crippen LogP contribution in [0.25, 0.3) is 81.0 Å². The summed E-state index contributed by atoms with van der Waals surface area (Å²) >= 11 is 1.86. The highest BCUT2D eigenvalue weighted by molar-refractivity contribution is 7.25. The lowest BCUT2D eigenvalue weighted by Crippen LogP contribution is -2.28. The van der Waals surface area contributed by atoms with Crippen LogP contribution in [-0.2, 0) is 5.41 Å². The molecule has 13 aromatic rings. The van der Waals surface area contributed by atoms with E-state index >= 15 is 0 Å². The smallest absolute Gasteiger partial charge is 0.0714 e. The molecule has 0 bridgehead atoms. The minimum Gasteiger partial charge on any atom is -0.310 e. The van der Waals surface area contributed by atoms with E-state index in [1.807, 2.05) is 11.3 Å². The van der Waals surface area contributed by atoms with Crippen LogP contribution >= 0.6 is 11.3 Å². The lowest BCUT2D eigenvalue weighted by atomic mass is 9.67. The van der Waals surface area contributed by atoms with Gasteiger partial charge in [0.05, 0.1) is 16.4 Å². The summed E-state index contributed by atoms with van der Waals surface area (Å²) in [5, 5.41) is 5.11. The predicted molar refractivity (Wildman–Crippen MR) is 297 cm³/mol. The first-order chi connectivity index (χ1) is 34.7. The SMILES string of the molecule is c1ccc(N(c2cccc(-c3cccc(-c4ccc5c(c4)c4ccccc4n5-c4ccc5sc6ccccc6c5c4)c3)c2)c2ccc3c(c2)C(c2ccccc2)(c2ccccc2)c2ccccc2-3)cc1. The average Bonchev–Trinajstić information content (AvgIpc) is 4.07. The van der Waals surface area contributed by atoms with Crippen molar-refractivity contribution in [2.75, 3.05) is 4.90 Å². The quantitative estimate of drug-likeness (QED) is 0.147. The lowest BCUT2D eigenvalue weighted by Gasteiger charge is -2.35. The standard InChI is InChI=1S/C67H44N2S/c1-4-21-49(22-5-1)67(50-23-6-2-7-24-50)61-31-13-10-28-55(61)56-37-35-54(44-62(56)67)68(51-25-8-3-9-26-51)52-27-17-20-47(41-52)45-18-16-19-46(40-45)48-34-38-64-59(42-48)57-29-11-14-32-63(57)69(64)53-36-39-66-60(43-53)58-30-12-15-33-65(58)70-66/h1-44H. The summed E-state index contributed by atoms with van der Waals surface area (Å²) in [6.07, 6.45) is 0. The predicted octanol–water partition coefficient (Wildman–Crippen LogP) is 18.3. The molecule has 0 amide bonds. The maximum atomic E-state index is 2.45. The minimum absolute atomic E-state index is 0.499. The number of hydrogen-bond acceptors (Lipinski definition) is 2. The Labute approximate surface area is 411 Å². The summed E-state index contributed by atoms with van der Waals surface area (Å²) in [7, 11) is 0. The van der Waals surface area contributed by atoms with Gasteiger partial charge in [0.2, 0.25) is 0 Å². The van der Waals surface area contributed by atoms with E-state index in [0.29, 0.717) is 0 Å². The third-order valence-corrected chi connectivity index (χ3v) is 15.8. The molecule has 0 unspecified atom stereocenters. The summed E-state index contributed by atoms with van der Waals surface area (Å²) in [5.41, 5.74) is 18.7. The number of aromatic nitrogens is 1. The van der Waals surface area contributed by atoms with Crippen molar-refractivity contribution in [3.63, 3.8) is 0 Å². The Morgan fingerprint density at radius 1 is 0.314 bits per heavy atom. The Morgan fingerprint density at radius 3 is 1.67 bits per heavy atom. The van der Waals surface area contributed by atoms with Crippen molar-refractivity contribution in [2.45, 2.75) is 5.41 Å². The van der Waals surface area contributed by atoms with E-state index in [9.17, 15) is 0 Å². The van der Waals surface area contributed by atoms with Gasteiger partial charge in [-0.05, 0) is 141 Å². The molecule has 0 atom stereocenters. The van der Waals surface area contributed by atoms with Crippen molar-refractivity contribution in [3.05, 3.63) is 289 Å². The summed E-state index contributed by atoms with van der Waals surface area (Å²) < 4.78 is 5.07. The van der Waals surface area contributed by atoms with E-state index in [-0.39, 0.29) is 0 Å². The number of nitrogens with zero attached hydrogens (tertiary/aromatic N) is 2. The second kappa shape index (κ2) is 16.2. The second-order valence-electron chi connectivity index (χ2n) is 18.4. The summed E-state index contributed by atoms with van der Waals surface area (Å²) in [6.45, 7) is 0. The number of benzene rings is 11. The molecule has 328 valence electrons. The fourth-order valence-corrected chi connectivity index (χ4v) is 12.7. The first-order valence-corrected chi connectivity index (χ1v) is 24.9. The maximum absolute atomic E-state index is 2.45. The van der Waals surface area contributed by atoms with Gasteiger partial charge in [0.1, 0.15) is 0 Å². The molecule has 0 spiro atoms. The normalized spacial score (nSPS) is 12.7. The van der Waals surface area contributed by atoms with Gasteiger partial charge in [0.15, 0.2) is 0 Å². The summed E-state index contributed by atoms with van der Waals surface area (Å²) in [5.74, 6) is 0. The molecule has 0 N–H and O–H groups in total. The Bertz CT molecular complexity index is 4090. The van der Waals surface area contributed by atoms with E-state index in [1.54, 1.807) is 0 Å². The Hall–Kier alpha value is -8.76. The number of hydrogen-bond donors (Lipinski definition) is 0. The second-order valence-corrected chi connectivity index (χ2v) is 19.5. The molecule has 0 fully saturated rings. The Balaban J connectivity index is 0.874. The van der Waals surface area contributed by atoms with Crippen molar-refractivity contribution in [3.8, 4) is 39.1 Å². The topological polar surface area (TPSA) is 8.17 Å². The first kappa shape index (κ1) is 40.3. The molecular weight excluding hydrogens is 865 g/mol. The van der Waals surface area contributed by atoms with Crippen LogP contribution in [0.5, 0.6) is 0 Å². The molecular formula is C67H44N2S. The zero-order valence-corrected chi connectivity index (χ0v) is 39.0. The molecule has 0 saturated heterocycles. The van der Waals surface area contributed by atoms with Crippen LogP contribution in [0, 0.1) is 0 Å². The molecule has 2 nitrogen and oxygen atoms in total. The third kappa shape index (κ3) is 6.25. The highest BCUT2D eigenvalue weighted by atomic mass is 32.1. The molecule has 2 aromatic heterocycles. The van der Waals surface area contributed by atoms with Crippen LogP contribution < -0.4 is 4.90 Å². The van der Waals surface area contributed by atoms with Crippen LogP contribution in [0.3, 0.4) is 0 Å². The fraction of sp³-hybridized carbons (Fsp3) is 0.0149. The molecule has 14 rings (SSSR count). The lowest BCUT2D eigenvalue weighted by molar-refractivity contribution is 0.768. The van der Waals surface area contributed by atoms with Gasteiger partial charge in [-0.3, -0.25) is 0 Å². The number of rotatable bonds is 8. The molecule has 0 radical (unpaired) electrons. The van der Waals surface area contributed by atoms with Crippen LogP contribution in [0.15, 0.2) is 267 Å². The molecule has 0 saturated carbocycles. The van der Waals surface area contributed by atoms with Crippen molar-refractivity contribution in [1.29, 1.82) is 0 Å². The number of thiophene rings is 1. The van der Waals surface area contributed by atoms with Crippen molar-refractivity contribution >= 4 is 70.4 Å². The van der Waals surface area contributed by atoms with E-state index in [1.165, 1.54) is 97.7 Å². The first-order valence-electron chi connectivity index (χ1n) is 24.1. The fourth-order valence-electron chi connectivity index (χ4n) is 11.6. The van der Waals surface area contributed by atoms with Gasteiger partial charge in [-0.2, -0.15) is 0 Å². The third-order valence-electron chi connectivity index (χ3n) is 14.6. The highest BCUT2D eigenvalue weighted by Crippen LogP contribution is 2.57. The van der Waals surface area contributed by atoms with Gasteiger partial charge in [-0.15, -0.1) is 11.3 Å². The molecule has 1 aliphatic carbocycles. The molecule has 2 heterocycles. The van der Waals surface area contributed by atoms with Crippen molar-refractivity contribution < 1.29 is 0 Å². The largest absolute Gasteiger partial charge is 0.310 e. The number of fused-ring (bicyclic) bond motifs is 9. The zero-order valence-electron chi connectivity index (χ0n) is 38.2. The van der Waals surface area contributed by atoms with E-state index in [2.05, 4.69) is 276 Å². The van der Waals surface area contributed by atoms with E-state index in [0.717, 1.165) is 22.6 Å². The van der Waals surface area contributed by atoms with Gasteiger partial charge < -0.3 is 9.47 Å². The van der Waals surface area contributed by atoms with Crippen LogP contribution in [-0.4, -0.2) is 4.57 Å². The number of para-hydroxylation sites is 2. The minimum atomic E-state index is -0.499. The van der Waals surface area contributed by atoms with Crippen LogP contribution in [0.1, 0.15) is 22.3 Å². The monoisotopic (exact) mass is 908 g/mol. The van der Waals surface area contributed by atoms with Gasteiger partial charge in [0.25, 0.3) is 0 Å². The van der Waals surface area contributed by atoms with Gasteiger partial charge in [-0.1, -0.05) is 182 Å². The molecule has 11 aromatic carbocycles. The Morgan fingerprint density at radius 2 is 0.886 bits per heavy atom. The summed E-state index contributed by atoms with van der Waals surface area (Å²) in [6, 6.07) is 98.5. The molecule has 0 aliphatic heterocycles. The summed E-state index contributed by atoms with van der Waals surface area (Å²) in [4.78, 5) is 2.42. The van der Waals surface area contributed by atoms with Crippen molar-refractivity contribution in [2.24, 2.45) is 0 Å². The molecule has 1 aliphatic rings. The van der Waals surface area contributed by atoms with Gasteiger partial charge in [-0.25, -0.2) is 0 Å². The maximum Gasteiger partial charge on any atom is 0.0714 e. The average molecular weight is 909 g/mol. The Kier molecular flexibility index (Phi) is 9.33. The van der Waals surface area contributed by atoms with E-state index < -0.39 is 5.41 Å². The molecule has 3 heteroatoms. The number of anilines is 3. The zero-order chi connectivity index (χ0) is 46.2. The van der Waals surface area contributed by atoms with Crippen LogP contribution in [0.2, 0.25) is 0 Å². The van der Waals surface area contributed by atoms with Gasteiger partial charge >= 0.3 is 0 Å². The van der Waals surface area contributed by atoms with E-state index in [4.69, 9.17) is 0 Å². The van der Waals surface area contributed by atoms with Gasteiger partial charge in [0, 0.05) is 53.7 Å². The van der Waals surface area contributed by atoms with Crippen molar-refractivity contribution in [1.82, 2.24) is 4.57 Å². The van der Waals surface area contributed by atoms with Crippen LogP contribution in [0.4, 0.5) is 17.1 Å². The molecule has 70 heavy (non-hydrogen) atoms.